The number of nitrogens with one attached hydrogen (secondary N) is 1. The van der Waals surface area contributed by atoms with E-state index in [-0.39, 0.29) is 28.3 Å². The molecule has 2 aromatic carbocycles. The molecule has 9 heteroatoms. The van der Waals surface area contributed by atoms with E-state index < -0.39 is 5.82 Å². The van der Waals surface area contributed by atoms with Crippen LogP contribution in [0, 0.1) is 5.82 Å². The van der Waals surface area contributed by atoms with Gasteiger partial charge in [-0.15, -0.1) is 11.3 Å². The number of hydrogen-bond donors (Lipinski definition) is 1. The molecule has 0 radical (unpaired) electrons. The lowest BCUT2D eigenvalue weighted by Gasteiger charge is -2.31. The number of para-hydroxylation sites is 1. The number of aromatic nitrogens is 2. The van der Waals surface area contributed by atoms with Crippen molar-refractivity contribution in [2.75, 3.05) is 19.6 Å². The summed E-state index contributed by atoms with van der Waals surface area (Å²) in [7, 11) is 0. The van der Waals surface area contributed by atoms with Gasteiger partial charge in [0, 0.05) is 47.5 Å². The van der Waals surface area contributed by atoms with E-state index in [1.54, 1.807) is 4.90 Å². The Labute approximate surface area is 216 Å². The van der Waals surface area contributed by atoms with Crippen molar-refractivity contribution in [3.05, 3.63) is 86.2 Å². The summed E-state index contributed by atoms with van der Waals surface area (Å²) < 4.78 is 14.2. The molecule has 184 valence electrons. The van der Waals surface area contributed by atoms with E-state index in [0.29, 0.717) is 44.7 Å². The van der Waals surface area contributed by atoms with E-state index in [4.69, 9.17) is 16.6 Å². The molecule has 0 spiro atoms. The Balaban J connectivity index is 1.11. The van der Waals surface area contributed by atoms with Crippen LogP contribution >= 0.6 is 22.9 Å². The van der Waals surface area contributed by atoms with Crippen molar-refractivity contribution < 1.29 is 14.0 Å². The maximum absolute atomic E-state index is 14.2. The Morgan fingerprint density at radius 1 is 1.03 bits per heavy atom. The number of fused-ring (bicyclic) bond motifs is 3. The highest BCUT2D eigenvalue weighted by molar-refractivity contribution is 7.09. The molecule has 2 aliphatic heterocycles. The molecule has 0 unspecified atom stereocenters. The number of aromatic amines is 1. The van der Waals surface area contributed by atoms with Gasteiger partial charge in [-0.2, -0.15) is 0 Å². The summed E-state index contributed by atoms with van der Waals surface area (Å²) in [5, 5.41) is 4.12. The first-order valence-corrected chi connectivity index (χ1v) is 13.3. The van der Waals surface area contributed by atoms with Gasteiger partial charge >= 0.3 is 0 Å². The maximum atomic E-state index is 14.2. The van der Waals surface area contributed by atoms with E-state index in [0.717, 1.165) is 22.6 Å². The predicted molar refractivity (Wildman–Crippen MR) is 138 cm³/mol. The highest BCUT2D eigenvalue weighted by atomic mass is 35.5. The zero-order chi connectivity index (χ0) is 24.8. The third-order valence-electron chi connectivity index (χ3n) is 7.22. The van der Waals surface area contributed by atoms with Crippen LogP contribution in [-0.2, 0) is 13.0 Å². The zero-order valence-corrected chi connectivity index (χ0v) is 21.0. The normalized spacial score (nSPS) is 16.4. The molecule has 6 rings (SSSR count). The van der Waals surface area contributed by atoms with Crippen LogP contribution in [0.4, 0.5) is 4.39 Å². The van der Waals surface area contributed by atoms with Crippen LogP contribution in [0.25, 0.3) is 10.9 Å². The molecule has 0 saturated carbocycles. The minimum atomic E-state index is -0.602. The summed E-state index contributed by atoms with van der Waals surface area (Å²) in [5.41, 5.74) is 3.91. The number of hydrogen-bond acceptors (Lipinski definition) is 4. The van der Waals surface area contributed by atoms with E-state index in [1.165, 1.54) is 40.5 Å². The number of carbonyl (C=O) groups excluding carboxylic acids is 2. The third-order valence-corrected chi connectivity index (χ3v) is 8.54. The highest BCUT2D eigenvalue weighted by Gasteiger charge is 2.30. The van der Waals surface area contributed by atoms with Crippen molar-refractivity contribution in [1.82, 2.24) is 19.8 Å². The van der Waals surface area contributed by atoms with Gasteiger partial charge in [-0.05, 0) is 43.0 Å². The fourth-order valence-electron chi connectivity index (χ4n) is 5.29. The molecule has 1 fully saturated rings. The van der Waals surface area contributed by atoms with Crippen molar-refractivity contribution in [3.63, 3.8) is 0 Å². The van der Waals surface area contributed by atoms with Crippen LogP contribution in [0.5, 0.6) is 0 Å². The van der Waals surface area contributed by atoms with Gasteiger partial charge < -0.3 is 14.8 Å². The minimum absolute atomic E-state index is 0.0522. The third kappa shape index (κ3) is 4.08. The number of carbonyl (C=O) groups is 2. The smallest absolute Gasteiger partial charge is 0.273 e. The van der Waals surface area contributed by atoms with Crippen molar-refractivity contribution in [2.24, 2.45) is 0 Å². The van der Waals surface area contributed by atoms with E-state index in [9.17, 15) is 14.0 Å². The Morgan fingerprint density at radius 2 is 1.83 bits per heavy atom. The second kappa shape index (κ2) is 9.33. The summed E-state index contributed by atoms with van der Waals surface area (Å²) in [4.78, 5) is 37.7. The molecule has 1 N–H and O–H groups in total. The maximum Gasteiger partial charge on any atom is 0.273 e. The van der Waals surface area contributed by atoms with E-state index in [1.807, 2.05) is 22.4 Å². The van der Waals surface area contributed by atoms with Gasteiger partial charge in [0.2, 0.25) is 0 Å². The monoisotopic (exact) mass is 522 g/mol. The van der Waals surface area contributed by atoms with Gasteiger partial charge in [-0.1, -0.05) is 35.9 Å². The molecule has 4 heterocycles. The van der Waals surface area contributed by atoms with Crippen LogP contribution in [0.2, 0.25) is 5.02 Å². The first kappa shape index (κ1) is 23.2. The number of likely N-dealkylation sites (tertiary alicyclic amines) is 1. The van der Waals surface area contributed by atoms with Crippen molar-refractivity contribution >= 4 is 45.7 Å². The van der Waals surface area contributed by atoms with Crippen LogP contribution in [0.1, 0.15) is 55.9 Å². The largest absolute Gasteiger partial charge is 0.357 e. The predicted octanol–water partition coefficient (Wildman–Crippen LogP) is 5.64. The van der Waals surface area contributed by atoms with Crippen LogP contribution in [0.15, 0.2) is 47.8 Å². The van der Waals surface area contributed by atoms with Crippen LogP contribution < -0.4 is 0 Å². The molecule has 2 aliphatic rings. The first-order valence-electron chi connectivity index (χ1n) is 12.1. The lowest BCUT2D eigenvalue weighted by atomic mass is 9.97. The molecule has 2 amide bonds. The number of thiazole rings is 1. The molecular formula is C27H24ClFN4O2S. The van der Waals surface area contributed by atoms with Crippen molar-refractivity contribution in [2.45, 2.75) is 31.7 Å². The van der Waals surface area contributed by atoms with Gasteiger partial charge in [-0.25, -0.2) is 9.37 Å². The van der Waals surface area contributed by atoms with Gasteiger partial charge in [0.25, 0.3) is 11.8 Å². The molecular weight excluding hydrogens is 499 g/mol. The van der Waals surface area contributed by atoms with E-state index in [2.05, 4.69) is 17.1 Å². The first-order chi connectivity index (χ1) is 17.5. The molecule has 0 atom stereocenters. The number of H-pyrrole nitrogens is 1. The lowest BCUT2D eigenvalue weighted by molar-refractivity contribution is 0.0708. The Bertz CT molecular complexity index is 1450. The minimum Gasteiger partial charge on any atom is -0.357 e. The second-order valence-electron chi connectivity index (χ2n) is 9.34. The molecule has 1 saturated heterocycles. The Morgan fingerprint density at radius 3 is 2.64 bits per heavy atom. The summed E-state index contributed by atoms with van der Waals surface area (Å²) in [5.74, 6) is -0.870. The van der Waals surface area contributed by atoms with Crippen molar-refractivity contribution in [3.8, 4) is 0 Å². The molecule has 2 aromatic heterocycles. The summed E-state index contributed by atoms with van der Waals surface area (Å²) in [6, 6.07) is 12.5. The van der Waals surface area contributed by atoms with Crippen LogP contribution in [0.3, 0.4) is 0 Å². The van der Waals surface area contributed by atoms with Gasteiger partial charge in [0.1, 0.15) is 11.5 Å². The molecule has 0 aliphatic carbocycles. The lowest BCUT2D eigenvalue weighted by Crippen LogP contribution is -2.38. The van der Waals surface area contributed by atoms with Gasteiger partial charge in [0.15, 0.2) is 0 Å². The second-order valence-corrected chi connectivity index (χ2v) is 10.6. The number of benzene rings is 2. The van der Waals surface area contributed by atoms with Crippen molar-refractivity contribution in [1.29, 1.82) is 0 Å². The molecule has 36 heavy (non-hydrogen) atoms. The Kier molecular flexibility index (Phi) is 6.01. The number of amides is 2. The van der Waals surface area contributed by atoms with Gasteiger partial charge in [-0.3, -0.25) is 9.59 Å². The Hall–Kier alpha value is -3.23. The number of halogens is 2. The highest BCUT2D eigenvalue weighted by Crippen LogP contribution is 2.33. The molecule has 0 bridgehead atoms. The summed E-state index contributed by atoms with van der Waals surface area (Å²) >= 11 is 7.58. The fraction of sp³-hybridized carbons (Fsp3) is 0.296. The number of piperidine rings is 1. The summed E-state index contributed by atoms with van der Waals surface area (Å²) in [6.07, 6.45) is 2.24. The van der Waals surface area contributed by atoms with Crippen LogP contribution in [-0.4, -0.2) is 51.2 Å². The SMILES string of the molecule is O=C(c1csc(C2CCN(C(=O)c3c(F)cccc3Cl)CC2)n1)N1CCc2c([nH]c3ccccc23)C1. The number of rotatable bonds is 3. The quantitative estimate of drug-likeness (QED) is 0.379. The average molecular weight is 523 g/mol. The van der Waals surface area contributed by atoms with Gasteiger partial charge in [0.05, 0.1) is 22.1 Å². The zero-order valence-electron chi connectivity index (χ0n) is 19.5. The topological polar surface area (TPSA) is 69.3 Å². The number of nitrogens with zero attached hydrogens (tertiary/aromatic N) is 3. The molecule has 6 nitrogen and oxygen atoms in total. The van der Waals surface area contributed by atoms with E-state index >= 15 is 0 Å². The molecule has 4 aromatic rings. The average Bonchev–Trinajstić information content (AvgIpc) is 3.53. The summed E-state index contributed by atoms with van der Waals surface area (Å²) in [6.45, 7) is 2.20. The standard InChI is InChI=1S/C27H24ClFN4O2S/c28-19-5-3-6-20(29)24(19)27(35)32-11-8-16(9-12-32)25-31-23(15-36-25)26(34)33-13-10-18-17-4-1-2-7-21(17)30-22(18)14-33/h1-7,15-16,30H,8-14H2. The fourth-order valence-corrected chi connectivity index (χ4v) is 6.50.